The summed E-state index contributed by atoms with van der Waals surface area (Å²) < 4.78 is 47.7. The number of alkyl carbamates (subject to hydrolysis) is 1. The molecule has 0 unspecified atom stereocenters. The number of ether oxygens (including phenoxy) is 3. The highest BCUT2D eigenvalue weighted by Gasteiger charge is 2.62. The highest BCUT2D eigenvalue weighted by atomic mass is 32.2. The minimum absolute atomic E-state index is 0.0241. The summed E-state index contributed by atoms with van der Waals surface area (Å²) in [5.74, 6) is -1.47. The number of pyridine rings is 1. The molecular weight excluding hydrogens is 743 g/mol. The second-order valence-corrected chi connectivity index (χ2v) is 18.2. The molecule has 6 rings (SSSR count). The Morgan fingerprint density at radius 2 is 1.73 bits per heavy atom. The van der Waals surface area contributed by atoms with Gasteiger partial charge in [0, 0.05) is 55.7 Å². The van der Waals surface area contributed by atoms with E-state index in [1.807, 2.05) is 51.8 Å². The lowest BCUT2D eigenvalue weighted by molar-refractivity contribution is -0.143. The predicted molar refractivity (Wildman–Crippen MR) is 208 cm³/mol. The minimum atomic E-state index is -4.20. The van der Waals surface area contributed by atoms with Crippen LogP contribution in [0.2, 0.25) is 0 Å². The van der Waals surface area contributed by atoms with E-state index in [1.165, 1.54) is 15.3 Å². The molecule has 56 heavy (non-hydrogen) atoms. The third-order valence-corrected chi connectivity index (χ3v) is 13.0. The largest absolute Gasteiger partial charge is 0.496 e. The number of benzene rings is 1. The number of hydrogen-bond donors (Lipinski definition) is 3. The number of nitrogens with one attached hydrogen (secondary N) is 3. The number of aromatic nitrogens is 1. The van der Waals surface area contributed by atoms with Gasteiger partial charge in [0.05, 0.1) is 19.2 Å². The van der Waals surface area contributed by atoms with Crippen molar-refractivity contribution in [2.24, 2.45) is 11.3 Å². The van der Waals surface area contributed by atoms with Gasteiger partial charge in [-0.15, -0.1) is 6.58 Å². The SMILES string of the molecule is C=C[C@@H]1C[C@]1(NC(=O)[C@H]1C[C@@H](Oc2ccnc3c(C)c(OC)ccc23)CN1C(=O)[C@@H](NC(=O)OC1CCCC1)C(C)(C)C)C(=O)NS(=O)(=O)N1CCN(C)CC1. The topological polar surface area (TPSA) is 189 Å². The van der Waals surface area contributed by atoms with Crippen molar-refractivity contribution in [1.82, 2.24) is 34.4 Å². The van der Waals surface area contributed by atoms with Crippen molar-refractivity contribution in [3.63, 3.8) is 0 Å². The van der Waals surface area contributed by atoms with E-state index in [2.05, 4.69) is 26.9 Å². The number of fused-ring (bicyclic) bond motifs is 1. The first-order valence-electron chi connectivity index (χ1n) is 19.3. The molecule has 5 atom stereocenters. The number of piperazine rings is 1. The van der Waals surface area contributed by atoms with Gasteiger partial charge in [-0.1, -0.05) is 26.8 Å². The summed E-state index contributed by atoms with van der Waals surface area (Å²) in [6.45, 7) is 12.5. The maximum absolute atomic E-state index is 14.6. The van der Waals surface area contributed by atoms with Crippen molar-refractivity contribution >= 4 is 44.9 Å². The van der Waals surface area contributed by atoms with Crippen LogP contribution in [0, 0.1) is 18.3 Å². The Hall–Kier alpha value is -4.48. The minimum Gasteiger partial charge on any atom is -0.496 e. The number of likely N-dealkylation sites (N-methyl/N-ethyl adjacent to an activating group) is 1. The molecule has 1 aromatic heterocycles. The van der Waals surface area contributed by atoms with Crippen molar-refractivity contribution < 1.29 is 41.8 Å². The standard InChI is InChI=1S/C39H55N7O9S/c1-8-25-22-39(25,36(49)43-56(51,52)45-19-17-44(6)18-20-45)42-34(47)29-21-27(54-31-15-16-40-32-24(2)30(53-7)14-13-28(31)32)23-46(29)35(48)33(38(3,4)5)41-37(50)55-26-11-9-10-12-26/h8,13-16,25-27,29,33H,1,9-12,17-23H2,2-7H3,(H,41,50)(H,42,47)(H,43,49)/t25-,27-,29-,33-,39-/m1/s1. The van der Waals surface area contributed by atoms with E-state index < -0.39 is 69.1 Å². The molecule has 0 radical (unpaired) electrons. The maximum atomic E-state index is 14.6. The maximum Gasteiger partial charge on any atom is 0.408 e. The fourth-order valence-electron chi connectivity index (χ4n) is 7.96. The summed E-state index contributed by atoms with van der Waals surface area (Å²) >= 11 is 0. The molecule has 306 valence electrons. The highest BCUT2D eigenvalue weighted by Crippen LogP contribution is 2.45. The smallest absolute Gasteiger partial charge is 0.408 e. The zero-order valence-electron chi connectivity index (χ0n) is 33.1. The van der Waals surface area contributed by atoms with Gasteiger partial charge in [-0.3, -0.25) is 19.4 Å². The lowest BCUT2D eigenvalue weighted by Crippen LogP contribution is -2.61. The van der Waals surface area contributed by atoms with Crippen molar-refractivity contribution in [1.29, 1.82) is 0 Å². The second kappa shape index (κ2) is 16.2. The summed E-state index contributed by atoms with van der Waals surface area (Å²) in [5, 5.41) is 6.33. The normalized spacial score (nSPS) is 25.3. The number of rotatable bonds is 12. The molecule has 2 saturated heterocycles. The molecule has 4 fully saturated rings. The number of amides is 4. The molecule has 4 amide bonds. The summed E-state index contributed by atoms with van der Waals surface area (Å²) in [6, 6.07) is 3.13. The van der Waals surface area contributed by atoms with E-state index in [1.54, 1.807) is 19.4 Å². The Morgan fingerprint density at radius 1 is 1.04 bits per heavy atom. The summed E-state index contributed by atoms with van der Waals surface area (Å²) in [4.78, 5) is 64.0. The summed E-state index contributed by atoms with van der Waals surface area (Å²) in [6.07, 6.45) is 5.07. The van der Waals surface area contributed by atoms with E-state index >= 15 is 0 Å². The van der Waals surface area contributed by atoms with Crippen molar-refractivity contribution in [2.45, 2.75) is 96.1 Å². The molecule has 17 heteroatoms. The third kappa shape index (κ3) is 8.59. The van der Waals surface area contributed by atoms with Gasteiger partial charge in [-0.05, 0) is 69.7 Å². The van der Waals surface area contributed by atoms with Crippen LogP contribution in [0.5, 0.6) is 11.5 Å². The Bertz CT molecular complexity index is 1960. The van der Waals surface area contributed by atoms with Crippen LogP contribution in [-0.2, 0) is 29.3 Å². The lowest BCUT2D eigenvalue weighted by atomic mass is 9.85. The first kappa shape index (κ1) is 41.2. The molecule has 3 heterocycles. The quantitative estimate of drug-likeness (QED) is 0.268. The van der Waals surface area contributed by atoms with Gasteiger partial charge in [0.1, 0.15) is 41.3 Å². The number of carbonyl (C=O) groups is 4. The van der Waals surface area contributed by atoms with E-state index in [0.717, 1.165) is 31.2 Å². The van der Waals surface area contributed by atoms with Crippen LogP contribution in [0.4, 0.5) is 4.79 Å². The van der Waals surface area contributed by atoms with Crippen molar-refractivity contribution in [2.75, 3.05) is 46.9 Å². The monoisotopic (exact) mass is 797 g/mol. The molecule has 2 aliphatic heterocycles. The van der Waals surface area contributed by atoms with E-state index in [-0.39, 0.29) is 38.6 Å². The molecule has 2 aliphatic carbocycles. The average Bonchev–Trinajstić information content (AvgIpc) is 3.41. The van der Waals surface area contributed by atoms with Crippen molar-refractivity contribution in [3.8, 4) is 11.5 Å². The first-order valence-corrected chi connectivity index (χ1v) is 20.7. The van der Waals surface area contributed by atoms with Crippen LogP contribution in [0.15, 0.2) is 37.1 Å². The fourth-order valence-corrected chi connectivity index (χ4v) is 9.15. The number of aryl methyl sites for hydroxylation is 1. The third-order valence-electron chi connectivity index (χ3n) is 11.5. The summed E-state index contributed by atoms with van der Waals surface area (Å²) in [5.41, 5.74) is -0.911. The molecule has 1 aromatic carbocycles. The molecule has 2 aromatic rings. The molecule has 2 saturated carbocycles. The Balaban J connectivity index is 1.27. The van der Waals surface area contributed by atoms with Crippen LogP contribution in [-0.4, -0.2) is 128 Å². The van der Waals surface area contributed by atoms with Gasteiger partial charge >= 0.3 is 16.3 Å². The number of methoxy groups -OCH3 is 1. The van der Waals surface area contributed by atoms with E-state index in [4.69, 9.17) is 14.2 Å². The van der Waals surface area contributed by atoms with Crippen LogP contribution >= 0.6 is 0 Å². The molecule has 4 aliphatic rings. The molecule has 3 N–H and O–H groups in total. The van der Waals surface area contributed by atoms with Gasteiger partial charge in [0.15, 0.2) is 0 Å². The Labute approximate surface area is 328 Å². The Kier molecular flexibility index (Phi) is 11.9. The highest BCUT2D eigenvalue weighted by molar-refractivity contribution is 7.87. The lowest BCUT2D eigenvalue weighted by Gasteiger charge is -2.35. The number of nitrogens with zero attached hydrogens (tertiary/aromatic N) is 4. The van der Waals surface area contributed by atoms with Crippen LogP contribution in [0.25, 0.3) is 10.9 Å². The number of likely N-dealkylation sites (tertiary alicyclic amines) is 1. The van der Waals surface area contributed by atoms with E-state index in [9.17, 15) is 27.6 Å². The first-order chi connectivity index (χ1) is 26.5. The molecular formula is C39H55N7O9S. The van der Waals surface area contributed by atoms with Crippen molar-refractivity contribution in [3.05, 3.63) is 42.6 Å². The van der Waals surface area contributed by atoms with Gasteiger partial charge in [0.2, 0.25) is 11.8 Å². The number of hydrogen-bond acceptors (Lipinski definition) is 11. The fraction of sp³-hybridized carbons (Fsp3) is 0.615. The van der Waals surface area contributed by atoms with Gasteiger partial charge in [-0.25, -0.2) is 9.52 Å². The average molecular weight is 798 g/mol. The molecule has 0 bridgehead atoms. The van der Waals surface area contributed by atoms with Crippen LogP contribution < -0.4 is 24.8 Å². The van der Waals surface area contributed by atoms with Gasteiger partial charge in [-0.2, -0.15) is 12.7 Å². The van der Waals surface area contributed by atoms with E-state index in [0.29, 0.717) is 35.5 Å². The van der Waals surface area contributed by atoms with Crippen LogP contribution in [0.1, 0.15) is 64.9 Å². The zero-order chi connectivity index (χ0) is 40.6. The van der Waals surface area contributed by atoms with Crippen LogP contribution in [0.3, 0.4) is 0 Å². The zero-order valence-corrected chi connectivity index (χ0v) is 33.9. The van der Waals surface area contributed by atoms with Gasteiger partial charge < -0.3 is 34.6 Å². The number of carbonyl (C=O) groups excluding carboxylic acids is 4. The second-order valence-electron chi connectivity index (χ2n) is 16.5. The molecule has 16 nitrogen and oxygen atoms in total. The predicted octanol–water partition coefficient (Wildman–Crippen LogP) is 2.65. The Morgan fingerprint density at radius 3 is 2.36 bits per heavy atom. The van der Waals surface area contributed by atoms with Gasteiger partial charge in [0.25, 0.3) is 5.91 Å². The summed E-state index contributed by atoms with van der Waals surface area (Å²) in [7, 11) is -0.737. The molecule has 0 spiro atoms.